The summed E-state index contributed by atoms with van der Waals surface area (Å²) >= 11 is 18.4. The highest BCUT2D eigenvalue weighted by Crippen LogP contribution is 2.63. The van der Waals surface area contributed by atoms with Crippen molar-refractivity contribution in [2.45, 2.75) is 44.1 Å². The van der Waals surface area contributed by atoms with Gasteiger partial charge in [-0.05, 0) is 120 Å². The van der Waals surface area contributed by atoms with Gasteiger partial charge in [-0.15, -0.1) is 0 Å². The van der Waals surface area contributed by atoms with Crippen LogP contribution in [0.3, 0.4) is 0 Å². The summed E-state index contributed by atoms with van der Waals surface area (Å²) in [6.45, 7) is 9.12. The average molecular weight is 1300 g/mol. The van der Waals surface area contributed by atoms with Crippen molar-refractivity contribution in [3.8, 4) is 66.8 Å². The smallest absolute Gasteiger partial charge is 0.194 e. The summed E-state index contributed by atoms with van der Waals surface area (Å²) in [5.41, 5.74) is 21.8. The maximum atomic E-state index is 13.0. The second-order valence-corrected chi connectivity index (χ2v) is 25.0. The van der Waals surface area contributed by atoms with Gasteiger partial charge in [0.15, 0.2) is 5.78 Å². The Kier molecular flexibility index (Phi) is 12.7. The Labute approximate surface area is 480 Å². The molecule has 0 amide bonds. The lowest BCUT2D eigenvalue weighted by atomic mass is 9.77. The van der Waals surface area contributed by atoms with Crippen LogP contribution < -0.4 is 0 Å². The van der Waals surface area contributed by atoms with E-state index in [9.17, 15) is 9.90 Å². The van der Waals surface area contributed by atoms with Gasteiger partial charge in [0.2, 0.25) is 0 Å². The van der Waals surface area contributed by atoms with Crippen LogP contribution in [0.5, 0.6) is 0 Å². The van der Waals surface area contributed by atoms with Crippen LogP contribution in [0, 0.1) is 0 Å². The van der Waals surface area contributed by atoms with E-state index in [1.54, 1.807) is 0 Å². The normalized spacial score (nSPS) is 15.9. The highest BCUT2D eigenvalue weighted by molar-refractivity contribution is 9.11. The zero-order valence-electron chi connectivity index (χ0n) is 41.4. The molecule has 0 saturated carbocycles. The maximum Gasteiger partial charge on any atom is 0.194 e. The molecule has 1 atom stereocenters. The van der Waals surface area contributed by atoms with E-state index in [0.29, 0.717) is 0 Å². The number of carbonyl (C=O) groups excluding carboxylic acids is 1. The molecule has 0 aliphatic heterocycles. The minimum absolute atomic E-state index is 0.113. The van der Waals surface area contributed by atoms with Gasteiger partial charge in [-0.3, -0.25) is 4.79 Å². The highest BCUT2D eigenvalue weighted by atomic mass is 79.9. The van der Waals surface area contributed by atoms with Gasteiger partial charge in [-0.1, -0.05) is 271 Å². The number of rotatable bonds is 3. The third-order valence-electron chi connectivity index (χ3n) is 15.7. The molecule has 4 aliphatic rings. The predicted molar refractivity (Wildman–Crippen MR) is 327 cm³/mol. The number of hydrogen-bond donors (Lipinski definition) is 1. The number of halogens is 5. The Morgan fingerprint density at radius 3 is 1.35 bits per heavy atom. The molecule has 0 spiro atoms. The fraction of sp³-hybridized carbons (Fsp3) is 0.103. The molecule has 10 aromatic carbocycles. The molecule has 7 heteroatoms. The summed E-state index contributed by atoms with van der Waals surface area (Å²) in [6, 6.07) is 71.0. The summed E-state index contributed by atoms with van der Waals surface area (Å²) in [5, 5.41) is 13.0. The van der Waals surface area contributed by atoms with E-state index in [4.69, 9.17) is 0 Å². The van der Waals surface area contributed by atoms with Gasteiger partial charge < -0.3 is 5.11 Å². The molecular formula is C68H47Br5O2. The number of ketones is 1. The first-order chi connectivity index (χ1) is 36.1. The van der Waals surface area contributed by atoms with Crippen LogP contribution in [-0.4, -0.2) is 10.9 Å². The van der Waals surface area contributed by atoms with Crippen LogP contribution in [0.2, 0.25) is 0 Å². The first-order valence-electron chi connectivity index (χ1n) is 24.9. The van der Waals surface area contributed by atoms with Gasteiger partial charge in [0.1, 0.15) is 5.60 Å². The van der Waals surface area contributed by atoms with Gasteiger partial charge in [-0.2, -0.15) is 0 Å². The number of fused-ring (bicyclic) bond motifs is 14. The van der Waals surface area contributed by atoms with Crippen LogP contribution in [0.1, 0.15) is 82.6 Å². The van der Waals surface area contributed by atoms with E-state index in [2.05, 4.69) is 247 Å². The van der Waals surface area contributed by atoms with E-state index in [1.807, 2.05) is 66.7 Å². The van der Waals surface area contributed by atoms with E-state index < -0.39 is 5.60 Å². The lowest BCUT2D eigenvalue weighted by Crippen LogP contribution is -2.27. The van der Waals surface area contributed by atoms with Crippen LogP contribution in [-0.2, 0) is 16.4 Å². The summed E-state index contributed by atoms with van der Waals surface area (Å²) in [7, 11) is 0. The number of carbonyl (C=O) groups is 1. The summed E-state index contributed by atoms with van der Waals surface area (Å²) in [6.07, 6.45) is 0. The zero-order chi connectivity index (χ0) is 52.1. The lowest BCUT2D eigenvalue weighted by Gasteiger charge is -2.30. The standard InChI is InChI=1S/C34H24Br2O.C22H14Br2O.C12H9Br/c1-33(2)25-14-8-7-13-23(25)31-29(36)19-28-30(32(31)33)24-17-16-21(35)18-27(24)34(28,37)26-15-9-6-12-22(26)20-10-4-3-5-11-20;1-22(2)16-6-4-3-5-13(16)19-17(24)10-15-18(20(19)22)12-8-7-11(23)9-14(12)21(15)25;13-12-9-5-4-8-11(12)10-6-2-1-3-7-10/h3-19,37H,1-2H3;3-10H,1-2H3;1-9H. The van der Waals surface area contributed by atoms with Crippen LogP contribution in [0.25, 0.3) is 66.8 Å². The Hall–Kier alpha value is -5.77. The minimum atomic E-state index is -1.32. The SMILES string of the molecule is Brc1ccccc1-c1ccccc1.CC1(C)c2ccccc2-c2c(Br)cc3c(c21)-c1ccc(Br)cc1C3(O)c1ccccc1-c1ccccc1.CC1(C)c2ccccc2-c2c(Br)cc3c(c21)-c1ccc(Br)cc1C3=O. The summed E-state index contributed by atoms with van der Waals surface area (Å²) in [5.74, 6) is 0.113. The van der Waals surface area contributed by atoms with Gasteiger partial charge >= 0.3 is 0 Å². The third-order valence-corrected chi connectivity index (χ3v) is 18.6. The first kappa shape index (κ1) is 50.1. The molecule has 0 fully saturated rings. The van der Waals surface area contributed by atoms with Gasteiger partial charge in [0.05, 0.1) is 0 Å². The van der Waals surface area contributed by atoms with Crippen molar-refractivity contribution in [3.05, 3.63) is 279 Å². The van der Waals surface area contributed by atoms with Crippen molar-refractivity contribution in [3.63, 3.8) is 0 Å². The molecule has 0 heterocycles. The maximum absolute atomic E-state index is 13.0. The molecule has 14 rings (SSSR count). The van der Waals surface area contributed by atoms with Gasteiger partial charge in [0, 0.05) is 72.1 Å². The lowest BCUT2D eigenvalue weighted by molar-refractivity contribution is 0.104. The Bertz CT molecular complexity index is 3990. The second-order valence-electron chi connectivity index (χ2n) is 20.6. The zero-order valence-corrected chi connectivity index (χ0v) is 49.3. The minimum Gasteiger partial charge on any atom is -0.376 e. The van der Waals surface area contributed by atoms with Crippen molar-refractivity contribution < 1.29 is 9.90 Å². The van der Waals surface area contributed by atoms with Crippen molar-refractivity contribution in [2.75, 3.05) is 0 Å². The average Bonchev–Trinajstić information content (AvgIpc) is 4.03. The molecule has 0 radical (unpaired) electrons. The molecule has 75 heavy (non-hydrogen) atoms. The van der Waals surface area contributed by atoms with E-state index in [1.165, 1.54) is 55.6 Å². The fourth-order valence-electron chi connectivity index (χ4n) is 12.4. The Balaban J connectivity index is 0.000000128. The molecule has 2 nitrogen and oxygen atoms in total. The van der Waals surface area contributed by atoms with Crippen LogP contribution in [0.4, 0.5) is 0 Å². The third kappa shape index (κ3) is 7.93. The van der Waals surface area contributed by atoms with Gasteiger partial charge in [0.25, 0.3) is 0 Å². The first-order valence-corrected chi connectivity index (χ1v) is 28.8. The molecule has 366 valence electrons. The summed E-state index contributed by atoms with van der Waals surface area (Å²) < 4.78 is 5.04. The van der Waals surface area contributed by atoms with Crippen LogP contribution in [0.15, 0.2) is 229 Å². The number of benzene rings is 10. The van der Waals surface area contributed by atoms with Crippen molar-refractivity contribution in [1.29, 1.82) is 0 Å². The quantitative estimate of drug-likeness (QED) is 0.191. The molecule has 1 unspecified atom stereocenters. The van der Waals surface area contributed by atoms with Crippen molar-refractivity contribution >= 4 is 85.4 Å². The monoisotopic (exact) mass is 1290 g/mol. The van der Waals surface area contributed by atoms with E-state index >= 15 is 0 Å². The van der Waals surface area contributed by atoms with Crippen LogP contribution >= 0.6 is 79.6 Å². The molecular weight excluding hydrogens is 1250 g/mol. The molecule has 10 aromatic rings. The highest BCUT2D eigenvalue weighted by Gasteiger charge is 2.50. The Morgan fingerprint density at radius 1 is 0.320 bits per heavy atom. The van der Waals surface area contributed by atoms with Crippen molar-refractivity contribution in [1.82, 2.24) is 0 Å². The molecule has 4 aliphatic carbocycles. The van der Waals surface area contributed by atoms with E-state index in [0.717, 1.165) is 83.6 Å². The molecule has 0 saturated heterocycles. The molecule has 0 aromatic heterocycles. The number of hydrogen-bond acceptors (Lipinski definition) is 2. The predicted octanol–water partition coefficient (Wildman–Crippen LogP) is 20.3. The largest absolute Gasteiger partial charge is 0.376 e. The van der Waals surface area contributed by atoms with Crippen molar-refractivity contribution in [2.24, 2.45) is 0 Å². The van der Waals surface area contributed by atoms with E-state index in [-0.39, 0.29) is 16.6 Å². The molecule has 1 N–H and O–H groups in total. The number of aliphatic hydroxyl groups is 1. The Morgan fingerprint density at radius 2 is 0.760 bits per heavy atom. The molecule has 0 bridgehead atoms. The fourth-order valence-corrected chi connectivity index (χ4v) is 14.9. The second kappa shape index (κ2) is 19.1. The van der Waals surface area contributed by atoms with Gasteiger partial charge in [-0.25, -0.2) is 0 Å². The summed E-state index contributed by atoms with van der Waals surface area (Å²) in [4.78, 5) is 13.0. The topological polar surface area (TPSA) is 37.3 Å².